The van der Waals surface area contributed by atoms with Crippen LogP contribution in [-0.2, 0) is 19.1 Å². The fourth-order valence-electron chi connectivity index (χ4n) is 6.50. The summed E-state index contributed by atoms with van der Waals surface area (Å²) < 4.78 is 23.7. The molecule has 3 atom stereocenters. The molecule has 6 rings (SSSR count). The molecular weight excluding hydrogens is 532 g/mol. The van der Waals surface area contributed by atoms with Gasteiger partial charge in [-0.15, -0.1) is 0 Å². The lowest BCUT2D eigenvalue weighted by molar-refractivity contribution is -0.385. The average molecular weight is 559 g/mol. The largest absolute Gasteiger partial charge is 0.478 e. The molecular formula is C30H26N2O9. The third-order valence-electron chi connectivity index (χ3n) is 7.95. The van der Waals surface area contributed by atoms with E-state index in [0.717, 1.165) is 0 Å². The van der Waals surface area contributed by atoms with E-state index in [1.807, 2.05) is 0 Å². The van der Waals surface area contributed by atoms with Crippen molar-refractivity contribution in [3.8, 4) is 11.5 Å². The highest BCUT2D eigenvalue weighted by Crippen LogP contribution is 2.65. The molecule has 1 fully saturated rings. The first kappa shape index (κ1) is 26.5. The summed E-state index contributed by atoms with van der Waals surface area (Å²) in [5, 5.41) is 11.8. The van der Waals surface area contributed by atoms with Crippen LogP contribution in [0.25, 0.3) is 0 Å². The van der Waals surface area contributed by atoms with Gasteiger partial charge in [0.2, 0.25) is 16.9 Å². The van der Waals surface area contributed by atoms with Crippen LogP contribution in [0.15, 0.2) is 72.8 Å². The monoisotopic (exact) mass is 558 g/mol. The number of non-ortho nitro benzene ring substituents is 1. The van der Waals surface area contributed by atoms with Gasteiger partial charge in [0.05, 0.1) is 35.7 Å². The van der Waals surface area contributed by atoms with Gasteiger partial charge < -0.3 is 18.9 Å². The predicted octanol–water partition coefficient (Wildman–Crippen LogP) is 3.96. The van der Waals surface area contributed by atoms with Crippen molar-refractivity contribution in [2.24, 2.45) is 0 Å². The second kappa shape index (κ2) is 9.70. The van der Waals surface area contributed by atoms with E-state index in [1.165, 1.54) is 23.1 Å². The molecule has 0 bridgehead atoms. The van der Waals surface area contributed by atoms with Crippen molar-refractivity contribution >= 4 is 23.4 Å². The van der Waals surface area contributed by atoms with Crippen LogP contribution in [0.3, 0.4) is 0 Å². The smallest absolute Gasteiger partial charge is 0.339 e. The van der Waals surface area contributed by atoms with Gasteiger partial charge in [0.25, 0.3) is 5.69 Å². The minimum Gasteiger partial charge on any atom is -0.478 e. The highest BCUT2D eigenvalue weighted by molar-refractivity contribution is 6.14. The lowest BCUT2D eigenvalue weighted by Gasteiger charge is -2.40. The van der Waals surface area contributed by atoms with Crippen molar-refractivity contribution in [3.63, 3.8) is 0 Å². The van der Waals surface area contributed by atoms with E-state index in [-0.39, 0.29) is 48.3 Å². The molecule has 0 unspecified atom stereocenters. The van der Waals surface area contributed by atoms with Crippen molar-refractivity contribution in [2.75, 3.05) is 19.9 Å². The molecule has 11 nitrogen and oxygen atoms in total. The predicted molar refractivity (Wildman–Crippen MR) is 142 cm³/mol. The van der Waals surface area contributed by atoms with Crippen LogP contribution in [-0.4, -0.2) is 58.6 Å². The number of ether oxygens (including phenoxy) is 4. The van der Waals surface area contributed by atoms with E-state index in [1.54, 1.807) is 68.4 Å². The van der Waals surface area contributed by atoms with Crippen LogP contribution >= 0.6 is 0 Å². The maximum absolute atomic E-state index is 14.7. The van der Waals surface area contributed by atoms with E-state index in [2.05, 4.69) is 0 Å². The first-order valence-corrected chi connectivity index (χ1v) is 13.2. The van der Waals surface area contributed by atoms with Gasteiger partial charge in [0.1, 0.15) is 18.2 Å². The first-order chi connectivity index (χ1) is 19.8. The second-order valence-electron chi connectivity index (χ2n) is 9.90. The molecule has 3 aromatic carbocycles. The molecule has 3 aliphatic rings. The van der Waals surface area contributed by atoms with E-state index in [0.29, 0.717) is 5.56 Å². The maximum atomic E-state index is 14.7. The normalized spacial score (nSPS) is 23.5. The number of Topliss-reactive ketones (excluding diaryl/α,β-unsaturated/α-hetero) is 1. The number of nitrogens with zero attached hydrogens (tertiary/aromatic N) is 2. The topological polar surface area (TPSA) is 135 Å². The number of fused-ring (bicyclic) bond motifs is 5. The third kappa shape index (κ3) is 3.51. The second-order valence-corrected chi connectivity index (χ2v) is 9.90. The van der Waals surface area contributed by atoms with Gasteiger partial charge >= 0.3 is 11.9 Å². The van der Waals surface area contributed by atoms with E-state index in [4.69, 9.17) is 18.9 Å². The fourth-order valence-corrected chi connectivity index (χ4v) is 6.50. The Balaban J connectivity index is 1.74. The standard InChI is InChI=1S/C30H26N2O9/c1-3-38-27(34)29(28(35)39-4-2)24(18-10-6-5-7-11-18)30(26(33)20-12-8-9-13-23(20)41-30)25-21-16-19(32(36)37)14-15-22(21)40-17-31(25)29/h5-16,24-25H,3-4,17H2,1-2H3/t24-,25-,30-/m1/s1. The number of para-hydroxylation sites is 1. The summed E-state index contributed by atoms with van der Waals surface area (Å²) in [7, 11) is 0. The van der Waals surface area contributed by atoms with E-state index < -0.39 is 45.7 Å². The molecule has 3 aliphatic heterocycles. The average Bonchev–Trinajstić information content (AvgIpc) is 3.43. The minimum atomic E-state index is -2.25. The zero-order valence-corrected chi connectivity index (χ0v) is 22.3. The fraction of sp³-hybridized carbons (Fsp3) is 0.300. The highest BCUT2D eigenvalue weighted by atomic mass is 16.6. The Morgan fingerprint density at radius 3 is 2.27 bits per heavy atom. The molecule has 0 N–H and O–H groups in total. The molecule has 0 amide bonds. The lowest BCUT2D eigenvalue weighted by atomic mass is 9.68. The van der Waals surface area contributed by atoms with Gasteiger partial charge in [-0.05, 0) is 37.6 Å². The Morgan fingerprint density at radius 1 is 0.976 bits per heavy atom. The number of ketones is 1. The summed E-state index contributed by atoms with van der Waals surface area (Å²) in [5.41, 5.74) is -3.51. The highest BCUT2D eigenvalue weighted by Gasteiger charge is 2.81. The van der Waals surface area contributed by atoms with Crippen LogP contribution in [0.1, 0.15) is 47.3 Å². The number of nitro benzene ring substituents is 1. The Morgan fingerprint density at radius 2 is 1.63 bits per heavy atom. The Hall–Kier alpha value is -4.77. The lowest BCUT2D eigenvalue weighted by Crippen LogP contribution is -2.63. The number of benzene rings is 3. The number of carbonyl (C=O) groups is 3. The van der Waals surface area contributed by atoms with Crippen LogP contribution in [0.2, 0.25) is 0 Å². The van der Waals surface area contributed by atoms with Crippen LogP contribution in [0, 0.1) is 10.1 Å². The third-order valence-corrected chi connectivity index (χ3v) is 7.95. The van der Waals surface area contributed by atoms with Gasteiger partial charge in [-0.3, -0.25) is 14.9 Å². The molecule has 41 heavy (non-hydrogen) atoms. The van der Waals surface area contributed by atoms with Crippen molar-refractivity contribution < 1.29 is 38.3 Å². The van der Waals surface area contributed by atoms with Crippen LogP contribution in [0.5, 0.6) is 11.5 Å². The number of carbonyl (C=O) groups excluding carboxylic acids is 3. The molecule has 0 aliphatic carbocycles. The Kier molecular flexibility index (Phi) is 6.26. The summed E-state index contributed by atoms with van der Waals surface area (Å²) in [4.78, 5) is 55.9. The molecule has 0 aromatic heterocycles. The number of esters is 2. The molecule has 3 heterocycles. The van der Waals surface area contributed by atoms with Crippen molar-refractivity contribution in [1.82, 2.24) is 4.90 Å². The van der Waals surface area contributed by atoms with Gasteiger partial charge in [0.15, 0.2) is 0 Å². The molecule has 3 aromatic rings. The Bertz CT molecular complexity index is 1560. The van der Waals surface area contributed by atoms with Crippen molar-refractivity contribution in [3.05, 3.63) is 99.6 Å². The van der Waals surface area contributed by atoms with E-state index in [9.17, 15) is 24.5 Å². The number of hydrogen-bond donors (Lipinski definition) is 0. The van der Waals surface area contributed by atoms with Gasteiger partial charge in [-0.1, -0.05) is 42.5 Å². The summed E-state index contributed by atoms with van der Waals surface area (Å²) >= 11 is 0. The molecule has 210 valence electrons. The van der Waals surface area contributed by atoms with Crippen LogP contribution in [0.4, 0.5) is 5.69 Å². The number of rotatable bonds is 6. The molecule has 1 saturated heterocycles. The van der Waals surface area contributed by atoms with Gasteiger partial charge in [0, 0.05) is 17.7 Å². The zero-order valence-electron chi connectivity index (χ0n) is 22.3. The van der Waals surface area contributed by atoms with Crippen LogP contribution < -0.4 is 9.47 Å². The van der Waals surface area contributed by atoms with Crippen molar-refractivity contribution in [1.29, 1.82) is 0 Å². The zero-order chi connectivity index (χ0) is 28.9. The quantitative estimate of drug-likeness (QED) is 0.189. The maximum Gasteiger partial charge on any atom is 0.339 e. The SMILES string of the molecule is CCOC(=O)C1(C(=O)OCC)[C@@H](c2ccccc2)[C@@]2(Oc3ccccc3C2=O)[C@H]2c3cc([N+](=O)[O-])ccc3OCN21. The van der Waals surface area contributed by atoms with Crippen molar-refractivity contribution in [2.45, 2.75) is 36.9 Å². The molecule has 0 saturated carbocycles. The molecule has 1 spiro atoms. The van der Waals surface area contributed by atoms with Gasteiger partial charge in [-0.2, -0.15) is 0 Å². The minimum absolute atomic E-state index is 0.0645. The summed E-state index contributed by atoms with van der Waals surface area (Å²) in [6.45, 7) is 2.75. The first-order valence-electron chi connectivity index (χ1n) is 13.2. The Labute approximate surface area is 234 Å². The van der Waals surface area contributed by atoms with Gasteiger partial charge in [-0.25, -0.2) is 14.5 Å². The van der Waals surface area contributed by atoms with E-state index >= 15 is 0 Å². The molecule has 0 radical (unpaired) electrons. The number of nitro groups is 1. The summed E-state index contributed by atoms with van der Waals surface area (Å²) in [6.07, 6.45) is 0. The summed E-state index contributed by atoms with van der Waals surface area (Å²) in [5.74, 6) is -3.14. The summed E-state index contributed by atoms with van der Waals surface area (Å²) in [6, 6.07) is 18.1. The molecule has 11 heteroatoms. The number of hydrogen-bond acceptors (Lipinski definition) is 10.